The van der Waals surface area contributed by atoms with Crippen LogP contribution in [0, 0.1) is 17.1 Å². The Kier molecular flexibility index (Phi) is 3.61. The van der Waals surface area contributed by atoms with Crippen molar-refractivity contribution in [2.45, 2.75) is 0 Å². The standard InChI is InChI=1S/C16H7Cl2FN2O/c1-2-10-12(18)6-13-15(14(10)19)22-16(21-13)8-3-4-9(7-20)11(17)5-8/h2-6H,1H2. The topological polar surface area (TPSA) is 49.8 Å². The molecule has 0 atom stereocenters. The fourth-order valence-corrected chi connectivity index (χ4v) is 2.55. The van der Waals surface area contributed by atoms with Gasteiger partial charge in [0.1, 0.15) is 11.6 Å². The number of rotatable bonds is 2. The zero-order valence-electron chi connectivity index (χ0n) is 11.0. The summed E-state index contributed by atoms with van der Waals surface area (Å²) in [6, 6.07) is 8.18. The lowest BCUT2D eigenvalue weighted by Crippen LogP contribution is -1.84. The van der Waals surface area contributed by atoms with Crippen molar-refractivity contribution in [1.82, 2.24) is 4.98 Å². The lowest BCUT2D eigenvalue weighted by atomic mass is 10.1. The third-order valence-electron chi connectivity index (χ3n) is 3.15. The summed E-state index contributed by atoms with van der Waals surface area (Å²) in [7, 11) is 0. The number of halogens is 3. The highest BCUT2D eigenvalue weighted by Crippen LogP contribution is 2.33. The number of nitrogens with zero attached hydrogens (tertiary/aromatic N) is 2. The molecule has 0 unspecified atom stereocenters. The molecule has 0 N–H and O–H groups in total. The van der Waals surface area contributed by atoms with E-state index in [4.69, 9.17) is 32.9 Å². The highest BCUT2D eigenvalue weighted by Gasteiger charge is 2.17. The van der Waals surface area contributed by atoms with Gasteiger partial charge in [-0.2, -0.15) is 5.26 Å². The van der Waals surface area contributed by atoms with Gasteiger partial charge in [0.05, 0.1) is 15.6 Å². The summed E-state index contributed by atoms with van der Waals surface area (Å²) < 4.78 is 19.8. The maximum absolute atomic E-state index is 14.3. The fourth-order valence-electron chi connectivity index (χ4n) is 2.06. The molecule has 0 saturated heterocycles. The molecule has 3 nitrogen and oxygen atoms in total. The Morgan fingerprint density at radius 1 is 1.27 bits per heavy atom. The predicted octanol–water partition coefficient (Wildman–Crippen LogP) is 5.46. The lowest BCUT2D eigenvalue weighted by molar-refractivity contribution is 0.563. The molecule has 2 aromatic carbocycles. The van der Waals surface area contributed by atoms with Crippen LogP contribution in [0.4, 0.5) is 4.39 Å². The fraction of sp³-hybridized carbons (Fsp3) is 0. The van der Waals surface area contributed by atoms with Crippen LogP contribution < -0.4 is 0 Å². The van der Waals surface area contributed by atoms with Crippen LogP contribution in [0.25, 0.3) is 28.6 Å². The molecular formula is C16H7Cl2FN2O. The van der Waals surface area contributed by atoms with Gasteiger partial charge in [0.15, 0.2) is 11.4 Å². The van der Waals surface area contributed by atoms with E-state index in [0.717, 1.165) is 0 Å². The van der Waals surface area contributed by atoms with Gasteiger partial charge in [0.2, 0.25) is 5.89 Å². The number of benzene rings is 2. The van der Waals surface area contributed by atoms with Crippen molar-refractivity contribution >= 4 is 40.4 Å². The highest BCUT2D eigenvalue weighted by molar-refractivity contribution is 6.33. The molecule has 0 aliphatic carbocycles. The minimum atomic E-state index is -0.615. The van der Waals surface area contributed by atoms with Gasteiger partial charge >= 0.3 is 0 Å². The van der Waals surface area contributed by atoms with Crippen molar-refractivity contribution in [2.75, 3.05) is 0 Å². The van der Waals surface area contributed by atoms with Crippen LogP contribution in [-0.2, 0) is 0 Å². The van der Waals surface area contributed by atoms with E-state index in [1.54, 1.807) is 18.2 Å². The van der Waals surface area contributed by atoms with Gasteiger partial charge in [0, 0.05) is 11.1 Å². The van der Waals surface area contributed by atoms with Crippen LogP contribution in [0.5, 0.6) is 0 Å². The average Bonchev–Trinajstić information content (AvgIpc) is 2.91. The van der Waals surface area contributed by atoms with E-state index in [0.29, 0.717) is 16.6 Å². The van der Waals surface area contributed by atoms with Gasteiger partial charge in [-0.1, -0.05) is 35.9 Å². The molecule has 22 heavy (non-hydrogen) atoms. The van der Waals surface area contributed by atoms with E-state index >= 15 is 0 Å². The summed E-state index contributed by atoms with van der Waals surface area (Å²) >= 11 is 12.0. The van der Waals surface area contributed by atoms with Gasteiger partial charge in [0.25, 0.3) is 0 Å². The molecule has 0 aliphatic rings. The molecule has 0 spiro atoms. The summed E-state index contributed by atoms with van der Waals surface area (Å²) in [6.07, 6.45) is 1.32. The summed E-state index contributed by atoms with van der Waals surface area (Å²) in [5.41, 5.74) is 1.33. The molecule has 108 valence electrons. The molecule has 3 rings (SSSR count). The Morgan fingerprint density at radius 2 is 2.05 bits per heavy atom. The van der Waals surface area contributed by atoms with Crippen LogP contribution in [0.1, 0.15) is 11.1 Å². The first-order chi connectivity index (χ1) is 10.5. The Labute approximate surface area is 135 Å². The van der Waals surface area contributed by atoms with E-state index < -0.39 is 5.82 Å². The van der Waals surface area contributed by atoms with Crippen LogP contribution in [0.15, 0.2) is 35.3 Å². The van der Waals surface area contributed by atoms with Crippen LogP contribution in [0.2, 0.25) is 10.0 Å². The molecule has 0 fully saturated rings. The van der Waals surface area contributed by atoms with Crippen LogP contribution in [0.3, 0.4) is 0 Å². The summed E-state index contributed by atoms with van der Waals surface area (Å²) in [5, 5.41) is 9.35. The first-order valence-electron chi connectivity index (χ1n) is 6.16. The van der Waals surface area contributed by atoms with E-state index in [-0.39, 0.29) is 27.1 Å². The normalized spacial score (nSPS) is 10.6. The SMILES string of the molecule is C=Cc1c(Cl)cc2nc(-c3ccc(C#N)c(Cl)c3)oc2c1F. The maximum Gasteiger partial charge on any atom is 0.227 e. The molecule has 0 radical (unpaired) electrons. The average molecular weight is 333 g/mol. The molecular weight excluding hydrogens is 326 g/mol. The number of fused-ring (bicyclic) bond motifs is 1. The molecule has 0 aliphatic heterocycles. The molecule has 6 heteroatoms. The Bertz CT molecular complexity index is 957. The van der Waals surface area contributed by atoms with E-state index in [9.17, 15) is 4.39 Å². The number of oxazole rings is 1. The van der Waals surface area contributed by atoms with Crippen LogP contribution >= 0.6 is 23.2 Å². The van der Waals surface area contributed by atoms with Crippen molar-refractivity contribution in [3.05, 3.63) is 57.8 Å². The zero-order chi connectivity index (χ0) is 15.9. The van der Waals surface area contributed by atoms with Crippen molar-refractivity contribution in [2.24, 2.45) is 0 Å². The third kappa shape index (κ3) is 2.25. The Morgan fingerprint density at radius 3 is 2.68 bits per heavy atom. The molecule has 0 amide bonds. The second-order valence-corrected chi connectivity index (χ2v) is 5.28. The Hall–Kier alpha value is -2.35. The number of hydrogen-bond donors (Lipinski definition) is 0. The minimum absolute atomic E-state index is 0.00483. The molecule has 3 aromatic rings. The summed E-state index contributed by atoms with van der Waals surface area (Å²) in [5.74, 6) is -0.423. The number of hydrogen-bond acceptors (Lipinski definition) is 3. The van der Waals surface area contributed by atoms with Gasteiger partial charge in [-0.25, -0.2) is 9.37 Å². The summed E-state index contributed by atoms with van der Waals surface area (Å²) in [6.45, 7) is 3.52. The van der Waals surface area contributed by atoms with Gasteiger partial charge < -0.3 is 4.42 Å². The van der Waals surface area contributed by atoms with Gasteiger partial charge in [-0.15, -0.1) is 0 Å². The maximum atomic E-state index is 14.3. The monoisotopic (exact) mass is 332 g/mol. The lowest BCUT2D eigenvalue weighted by Gasteiger charge is -1.99. The van der Waals surface area contributed by atoms with Gasteiger partial charge in [-0.3, -0.25) is 0 Å². The van der Waals surface area contributed by atoms with Crippen molar-refractivity contribution in [1.29, 1.82) is 5.26 Å². The molecule has 0 saturated carbocycles. The minimum Gasteiger partial charge on any atom is -0.433 e. The second-order valence-electron chi connectivity index (χ2n) is 4.46. The first-order valence-corrected chi connectivity index (χ1v) is 6.91. The largest absolute Gasteiger partial charge is 0.433 e. The van der Waals surface area contributed by atoms with E-state index in [1.807, 2.05) is 6.07 Å². The Balaban J connectivity index is 2.21. The molecule has 0 bridgehead atoms. The van der Waals surface area contributed by atoms with Crippen molar-refractivity contribution in [3.63, 3.8) is 0 Å². The van der Waals surface area contributed by atoms with Gasteiger partial charge in [-0.05, 0) is 24.3 Å². The zero-order valence-corrected chi connectivity index (χ0v) is 12.5. The highest BCUT2D eigenvalue weighted by atomic mass is 35.5. The molecule has 1 aromatic heterocycles. The smallest absolute Gasteiger partial charge is 0.227 e. The van der Waals surface area contributed by atoms with Crippen molar-refractivity contribution < 1.29 is 8.81 Å². The second kappa shape index (κ2) is 5.45. The first kappa shape index (κ1) is 14.6. The number of aromatic nitrogens is 1. The van der Waals surface area contributed by atoms with E-state index in [2.05, 4.69) is 11.6 Å². The molecule has 1 heterocycles. The quantitative estimate of drug-likeness (QED) is 0.626. The van der Waals surface area contributed by atoms with E-state index in [1.165, 1.54) is 12.1 Å². The van der Waals surface area contributed by atoms with Crippen LogP contribution in [-0.4, -0.2) is 4.98 Å². The third-order valence-corrected chi connectivity index (χ3v) is 3.78. The summed E-state index contributed by atoms with van der Waals surface area (Å²) in [4.78, 5) is 4.21. The van der Waals surface area contributed by atoms with Crippen molar-refractivity contribution in [3.8, 4) is 17.5 Å². The predicted molar refractivity (Wildman–Crippen MR) is 84.2 cm³/mol. The number of nitriles is 1.